The van der Waals surface area contributed by atoms with Gasteiger partial charge in [0.25, 0.3) is 0 Å². The molecular weight excluding hydrogens is 288 g/mol. The van der Waals surface area contributed by atoms with E-state index >= 15 is 0 Å². The third-order valence-electron chi connectivity index (χ3n) is 2.74. The smallest absolute Gasteiger partial charge is 0.221 e. The highest BCUT2D eigenvalue weighted by atomic mass is 32.2. The Kier molecular flexibility index (Phi) is 5.23. The molecule has 1 heterocycles. The van der Waals surface area contributed by atoms with Crippen LogP contribution in [0, 0.1) is 0 Å². The Hall–Kier alpha value is -1.30. The molecule has 2 unspecified atom stereocenters. The molecule has 3 N–H and O–H groups in total. The fraction of sp³-hybridized carbons (Fsp3) is 0.267. The van der Waals surface area contributed by atoms with Gasteiger partial charge in [-0.15, -0.1) is 23.1 Å². The maximum Gasteiger partial charge on any atom is 0.221 e. The molecule has 1 aromatic heterocycles. The predicted molar refractivity (Wildman–Crippen MR) is 87.3 cm³/mol. The van der Waals surface area contributed by atoms with Crippen LogP contribution in [0.1, 0.15) is 24.0 Å². The number of anilines is 1. The molecule has 2 atom stereocenters. The van der Waals surface area contributed by atoms with Gasteiger partial charge in [0, 0.05) is 28.4 Å². The van der Waals surface area contributed by atoms with Crippen LogP contribution in [0.2, 0.25) is 0 Å². The van der Waals surface area contributed by atoms with Gasteiger partial charge in [0.05, 0.1) is 5.25 Å². The fourth-order valence-electron chi connectivity index (χ4n) is 1.84. The highest BCUT2D eigenvalue weighted by Crippen LogP contribution is 2.39. The average molecular weight is 306 g/mol. The zero-order valence-electron chi connectivity index (χ0n) is 11.5. The predicted octanol–water partition coefficient (Wildman–Crippen LogP) is 3.89. The van der Waals surface area contributed by atoms with E-state index < -0.39 is 0 Å². The minimum atomic E-state index is -0.0579. The van der Waals surface area contributed by atoms with Gasteiger partial charge < -0.3 is 11.1 Å². The fourth-order valence-corrected chi connectivity index (χ4v) is 3.97. The van der Waals surface area contributed by atoms with Crippen molar-refractivity contribution in [1.82, 2.24) is 0 Å². The SMILES string of the molecule is CC(=O)Nc1ccc(SC(c2cccs2)C(C)N)cc1. The largest absolute Gasteiger partial charge is 0.327 e. The van der Waals surface area contributed by atoms with Crippen LogP contribution in [0.3, 0.4) is 0 Å². The van der Waals surface area contributed by atoms with Crippen molar-refractivity contribution in [2.75, 3.05) is 5.32 Å². The number of hydrogen-bond donors (Lipinski definition) is 2. The van der Waals surface area contributed by atoms with Crippen molar-refractivity contribution in [3.8, 4) is 0 Å². The third-order valence-corrected chi connectivity index (χ3v) is 5.32. The summed E-state index contributed by atoms with van der Waals surface area (Å²) in [5.74, 6) is -0.0579. The van der Waals surface area contributed by atoms with Gasteiger partial charge >= 0.3 is 0 Å². The van der Waals surface area contributed by atoms with Crippen LogP contribution >= 0.6 is 23.1 Å². The summed E-state index contributed by atoms with van der Waals surface area (Å²) in [6.45, 7) is 3.54. The summed E-state index contributed by atoms with van der Waals surface area (Å²) in [7, 11) is 0. The number of thioether (sulfide) groups is 1. The molecule has 2 rings (SSSR count). The Labute approximate surface area is 127 Å². The molecule has 106 valence electrons. The van der Waals surface area contributed by atoms with Crippen LogP contribution in [-0.4, -0.2) is 11.9 Å². The van der Waals surface area contributed by atoms with Crippen molar-refractivity contribution >= 4 is 34.7 Å². The molecule has 1 aromatic carbocycles. The molecule has 5 heteroatoms. The van der Waals surface area contributed by atoms with E-state index in [0.29, 0.717) is 0 Å². The van der Waals surface area contributed by atoms with Crippen LogP contribution < -0.4 is 11.1 Å². The second-order valence-corrected chi connectivity index (χ2v) is 6.81. The van der Waals surface area contributed by atoms with Gasteiger partial charge in [0.1, 0.15) is 0 Å². The van der Waals surface area contributed by atoms with Gasteiger partial charge in [-0.3, -0.25) is 4.79 Å². The lowest BCUT2D eigenvalue weighted by atomic mass is 10.2. The zero-order valence-corrected chi connectivity index (χ0v) is 13.1. The average Bonchev–Trinajstić information content (AvgIpc) is 2.90. The molecule has 20 heavy (non-hydrogen) atoms. The van der Waals surface area contributed by atoms with E-state index in [1.807, 2.05) is 31.2 Å². The third kappa shape index (κ3) is 4.10. The van der Waals surface area contributed by atoms with E-state index in [0.717, 1.165) is 10.6 Å². The van der Waals surface area contributed by atoms with Gasteiger partial charge in [-0.1, -0.05) is 6.07 Å². The number of benzene rings is 1. The number of nitrogens with one attached hydrogen (secondary N) is 1. The van der Waals surface area contributed by atoms with Crippen LogP contribution in [0.15, 0.2) is 46.7 Å². The number of hydrogen-bond acceptors (Lipinski definition) is 4. The number of amides is 1. The van der Waals surface area contributed by atoms with Crippen LogP contribution in [0.25, 0.3) is 0 Å². The first-order chi connectivity index (χ1) is 9.56. The normalized spacial score (nSPS) is 13.8. The van der Waals surface area contributed by atoms with Crippen molar-refractivity contribution in [2.45, 2.75) is 30.0 Å². The topological polar surface area (TPSA) is 55.1 Å². The Balaban J connectivity index is 2.09. The number of thiophene rings is 1. The van der Waals surface area contributed by atoms with E-state index in [2.05, 4.69) is 22.8 Å². The van der Waals surface area contributed by atoms with Crippen LogP contribution in [0.4, 0.5) is 5.69 Å². The van der Waals surface area contributed by atoms with Crippen molar-refractivity contribution in [2.24, 2.45) is 5.73 Å². The standard InChI is InChI=1S/C15H18N2OS2/c1-10(16)15(14-4-3-9-19-14)20-13-7-5-12(6-8-13)17-11(2)18/h3-10,15H,16H2,1-2H3,(H,17,18). The number of carbonyl (C=O) groups excluding carboxylic acids is 1. The quantitative estimate of drug-likeness (QED) is 0.824. The summed E-state index contributed by atoms with van der Waals surface area (Å²) in [5, 5.41) is 5.09. The summed E-state index contributed by atoms with van der Waals surface area (Å²) >= 11 is 3.49. The maximum absolute atomic E-state index is 11.0. The van der Waals surface area contributed by atoms with Crippen molar-refractivity contribution in [1.29, 1.82) is 0 Å². The Morgan fingerprint density at radius 3 is 2.50 bits per heavy atom. The van der Waals surface area contributed by atoms with Crippen molar-refractivity contribution < 1.29 is 4.79 Å². The first-order valence-electron chi connectivity index (χ1n) is 6.39. The lowest BCUT2D eigenvalue weighted by Gasteiger charge is -2.19. The summed E-state index contributed by atoms with van der Waals surface area (Å²) in [6, 6.07) is 12.1. The summed E-state index contributed by atoms with van der Waals surface area (Å²) < 4.78 is 0. The highest BCUT2D eigenvalue weighted by Gasteiger charge is 2.18. The molecule has 0 radical (unpaired) electrons. The molecule has 0 aliphatic heterocycles. The summed E-state index contributed by atoms with van der Waals surface area (Å²) in [4.78, 5) is 13.4. The van der Waals surface area contributed by atoms with Crippen molar-refractivity contribution in [3.05, 3.63) is 46.7 Å². The van der Waals surface area contributed by atoms with E-state index in [9.17, 15) is 4.79 Å². The van der Waals surface area contributed by atoms with E-state index in [4.69, 9.17) is 5.73 Å². The Morgan fingerprint density at radius 2 is 2.00 bits per heavy atom. The lowest BCUT2D eigenvalue weighted by Crippen LogP contribution is -2.21. The molecule has 0 fully saturated rings. The van der Waals surface area contributed by atoms with Crippen LogP contribution in [-0.2, 0) is 4.79 Å². The molecule has 0 bridgehead atoms. The van der Waals surface area contributed by atoms with Gasteiger partial charge in [-0.25, -0.2) is 0 Å². The van der Waals surface area contributed by atoms with Gasteiger partial charge in [0.2, 0.25) is 5.91 Å². The minimum absolute atomic E-state index is 0.0579. The second-order valence-electron chi connectivity index (χ2n) is 4.62. The second kappa shape index (κ2) is 6.92. The van der Waals surface area contributed by atoms with Crippen LogP contribution in [0.5, 0.6) is 0 Å². The molecule has 0 saturated heterocycles. The zero-order chi connectivity index (χ0) is 14.5. The first kappa shape index (κ1) is 15.1. The minimum Gasteiger partial charge on any atom is -0.327 e. The first-order valence-corrected chi connectivity index (χ1v) is 8.15. The molecule has 3 nitrogen and oxygen atoms in total. The summed E-state index contributed by atoms with van der Waals surface area (Å²) in [5.41, 5.74) is 6.92. The van der Waals surface area contributed by atoms with E-state index in [1.54, 1.807) is 23.1 Å². The monoisotopic (exact) mass is 306 g/mol. The van der Waals surface area contributed by atoms with Gasteiger partial charge in [-0.05, 0) is 42.6 Å². The lowest BCUT2D eigenvalue weighted by molar-refractivity contribution is -0.114. The number of carbonyl (C=O) groups is 1. The van der Waals surface area contributed by atoms with E-state index in [-0.39, 0.29) is 17.2 Å². The Morgan fingerprint density at radius 1 is 1.30 bits per heavy atom. The van der Waals surface area contributed by atoms with Gasteiger partial charge in [-0.2, -0.15) is 0 Å². The summed E-state index contributed by atoms with van der Waals surface area (Å²) in [6.07, 6.45) is 0. The molecule has 0 aliphatic rings. The Bertz CT molecular complexity index is 550. The molecule has 2 aromatic rings. The number of rotatable bonds is 5. The molecular formula is C15H18N2OS2. The molecule has 0 spiro atoms. The molecule has 1 amide bonds. The maximum atomic E-state index is 11.0. The number of nitrogens with two attached hydrogens (primary N) is 1. The highest BCUT2D eigenvalue weighted by molar-refractivity contribution is 7.99. The molecule has 0 aliphatic carbocycles. The van der Waals surface area contributed by atoms with Gasteiger partial charge in [0.15, 0.2) is 0 Å². The van der Waals surface area contributed by atoms with E-state index in [1.165, 1.54) is 11.8 Å². The molecule has 0 saturated carbocycles. The van der Waals surface area contributed by atoms with Crippen molar-refractivity contribution in [3.63, 3.8) is 0 Å².